The quantitative estimate of drug-likeness (QED) is 0.333. The third-order valence-corrected chi connectivity index (χ3v) is 7.99. The van der Waals surface area contributed by atoms with Gasteiger partial charge in [-0.05, 0) is 49.0 Å². The Morgan fingerprint density at radius 3 is 2.58 bits per heavy atom. The first-order chi connectivity index (χ1) is 18.3. The average molecular weight is 556 g/mol. The van der Waals surface area contributed by atoms with Gasteiger partial charge in [-0.2, -0.15) is 0 Å². The lowest BCUT2D eigenvalue weighted by Crippen LogP contribution is -2.46. The molecule has 0 spiro atoms. The maximum absolute atomic E-state index is 13.6. The molecule has 0 aliphatic carbocycles. The predicted molar refractivity (Wildman–Crippen MR) is 149 cm³/mol. The van der Waals surface area contributed by atoms with E-state index in [1.807, 2.05) is 18.2 Å². The van der Waals surface area contributed by atoms with Crippen molar-refractivity contribution in [1.82, 2.24) is 24.8 Å². The van der Waals surface area contributed by atoms with Crippen LogP contribution >= 0.6 is 11.6 Å². The molecule has 1 fully saturated rings. The Labute approximate surface area is 225 Å². The molecule has 198 valence electrons. The topological polar surface area (TPSA) is 103 Å². The third-order valence-electron chi connectivity index (χ3n) is 6.43. The number of hydrogen-bond acceptors (Lipinski definition) is 8. The maximum atomic E-state index is 13.6. The van der Waals surface area contributed by atoms with Crippen molar-refractivity contribution in [2.45, 2.75) is 0 Å². The van der Waals surface area contributed by atoms with Crippen LogP contribution in [0.3, 0.4) is 0 Å². The van der Waals surface area contributed by atoms with Crippen molar-refractivity contribution in [3.8, 4) is 11.1 Å². The van der Waals surface area contributed by atoms with E-state index in [2.05, 4.69) is 41.8 Å². The molecule has 0 unspecified atom stereocenters. The van der Waals surface area contributed by atoms with Crippen LogP contribution in [0.15, 0.2) is 61.2 Å². The monoisotopic (exact) mass is 555 g/mol. The number of pyridine rings is 1. The fourth-order valence-electron chi connectivity index (χ4n) is 4.25. The molecule has 3 heterocycles. The molecule has 2 aromatic heterocycles. The van der Waals surface area contributed by atoms with E-state index in [0.29, 0.717) is 29.3 Å². The van der Waals surface area contributed by atoms with Crippen LogP contribution in [0.25, 0.3) is 22.0 Å². The lowest BCUT2D eigenvalue weighted by molar-refractivity contribution is 0.161. The van der Waals surface area contributed by atoms with E-state index >= 15 is 0 Å². The van der Waals surface area contributed by atoms with E-state index in [1.54, 1.807) is 18.3 Å². The lowest BCUT2D eigenvalue weighted by atomic mass is 10.0. The molecule has 5 rings (SSSR count). The summed E-state index contributed by atoms with van der Waals surface area (Å²) in [4.78, 5) is 17.3. The standard InChI is InChI=1S/C26H27ClFN7O2S/c1-34-6-8-35(9-7-34)10-11-38(36,37)33-21-12-19(15-29-16-21)18-2-5-25-22(13-18)26(31-17-30-25)32-20-3-4-24(28)23(27)14-20/h2-5,12-17,33H,6-11H2,1H3,(H,30,31,32). The van der Waals surface area contributed by atoms with Crippen molar-refractivity contribution in [1.29, 1.82) is 0 Å². The van der Waals surface area contributed by atoms with E-state index in [-0.39, 0.29) is 10.8 Å². The Hall–Kier alpha value is -3.38. The van der Waals surface area contributed by atoms with Gasteiger partial charge in [0.25, 0.3) is 0 Å². The molecule has 2 N–H and O–H groups in total. The fraction of sp³-hybridized carbons (Fsp3) is 0.269. The van der Waals surface area contributed by atoms with Crippen LogP contribution in [-0.2, 0) is 10.0 Å². The van der Waals surface area contributed by atoms with Gasteiger partial charge in [0.15, 0.2) is 0 Å². The first kappa shape index (κ1) is 26.2. The van der Waals surface area contributed by atoms with Crippen LogP contribution in [0.1, 0.15) is 0 Å². The van der Waals surface area contributed by atoms with Crippen LogP contribution in [-0.4, -0.2) is 78.7 Å². The van der Waals surface area contributed by atoms with Crippen molar-refractivity contribution in [2.75, 3.05) is 55.6 Å². The second kappa shape index (κ2) is 11.2. The molecule has 0 bridgehead atoms. The number of fused-ring (bicyclic) bond motifs is 1. The highest BCUT2D eigenvalue weighted by Gasteiger charge is 2.18. The van der Waals surface area contributed by atoms with Gasteiger partial charge in [0.1, 0.15) is 18.0 Å². The molecule has 1 aliphatic rings. The Balaban J connectivity index is 1.34. The zero-order chi connectivity index (χ0) is 26.7. The van der Waals surface area contributed by atoms with Crippen LogP contribution in [0.4, 0.5) is 21.6 Å². The molecule has 0 atom stereocenters. The summed E-state index contributed by atoms with van der Waals surface area (Å²) in [5.41, 5.74) is 3.21. The Morgan fingerprint density at radius 2 is 1.79 bits per heavy atom. The molecule has 9 nitrogen and oxygen atoms in total. The molecule has 0 radical (unpaired) electrons. The summed E-state index contributed by atoms with van der Waals surface area (Å²) in [5.74, 6) is 0.0269. The average Bonchev–Trinajstić information content (AvgIpc) is 2.90. The number of halogens is 2. The number of anilines is 3. The SMILES string of the molecule is CN1CCN(CCS(=O)(=O)Nc2cncc(-c3ccc4ncnc(Nc5ccc(F)c(Cl)c5)c4c3)c2)CC1. The van der Waals surface area contributed by atoms with E-state index in [1.165, 1.54) is 24.7 Å². The number of nitrogens with one attached hydrogen (secondary N) is 2. The largest absolute Gasteiger partial charge is 0.340 e. The summed E-state index contributed by atoms with van der Waals surface area (Å²) >= 11 is 5.92. The highest BCUT2D eigenvalue weighted by Crippen LogP contribution is 2.30. The highest BCUT2D eigenvalue weighted by atomic mass is 35.5. The van der Waals surface area contributed by atoms with Crippen LogP contribution in [0, 0.1) is 5.82 Å². The van der Waals surface area contributed by atoms with Crippen molar-refractivity contribution < 1.29 is 12.8 Å². The number of piperazine rings is 1. The molecular weight excluding hydrogens is 529 g/mol. The molecule has 0 amide bonds. The van der Waals surface area contributed by atoms with Crippen molar-refractivity contribution >= 4 is 49.7 Å². The summed E-state index contributed by atoms with van der Waals surface area (Å²) in [5, 5.41) is 3.89. The molecule has 2 aromatic carbocycles. The Bertz CT molecular complexity index is 1560. The number of nitrogens with zero attached hydrogens (tertiary/aromatic N) is 5. The second-order valence-electron chi connectivity index (χ2n) is 9.24. The summed E-state index contributed by atoms with van der Waals surface area (Å²) in [7, 11) is -1.48. The van der Waals surface area contributed by atoms with Crippen molar-refractivity contribution in [3.63, 3.8) is 0 Å². The summed E-state index contributed by atoms with van der Waals surface area (Å²) < 4.78 is 41.7. The van der Waals surface area contributed by atoms with Gasteiger partial charge in [0, 0.05) is 55.6 Å². The van der Waals surface area contributed by atoms with Gasteiger partial charge in [0.2, 0.25) is 10.0 Å². The zero-order valence-electron chi connectivity index (χ0n) is 20.7. The summed E-state index contributed by atoms with van der Waals surface area (Å²) in [6.07, 6.45) is 4.60. The Kier molecular flexibility index (Phi) is 7.70. The van der Waals surface area contributed by atoms with Crippen molar-refractivity contribution in [2.24, 2.45) is 0 Å². The van der Waals surface area contributed by atoms with Gasteiger partial charge >= 0.3 is 0 Å². The molecule has 12 heteroatoms. The van der Waals surface area contributed by atoms with E-state index < -0.39 is 15.8 Å². The van der Waals surface area contributed by atoms with Gasteiger partial charge in [-0.15, -0.1) is 0 Å². The van der Waals surface area contributed by atoms with Crippen molar-refractivity contribution in [3.05, 3.63) is 72.0 Å². The molecule has 1 saturated heterocycles. The number of hydrogen-bond donors (Lipinski definition) is 2. The van der Waals surface area contributed by atoms with Gasteiger partial charge in [-0.1, -0.05) is 17.7 Å². The van der Waals surface area contributed by atoms with Gasteiger partial charge in [-0.25, -0.2) is 22.8 Å². The van der Waals surface area contributed by atoms with E-state index in [9.17, 15) is 12.8 Å². The molecule has 38 heavy (non-hydrogen) atoms. The van der Waals surface area contributed by atoms with E-state index in [4.69, 9.17) is 11.6 Å². The fourth-order valence-corrected chi connectivity index (χ4v) is 5.50. The smallest absolute Gasteiger partial charge is 0.234 e. The Morgan fingerprint density at radius 1 is 0.974 bits per heavy atom. The van der Waals surface area contributed by atoms with Gasteiger partial charge < -0.3 is 10.2 Å². The number of aromatic nitrogens is 3. The number of benzene rings is 2. The number of sulfonamides is 1. The molecule has 1 aliphatic heterocycles. The van der Waals surface area contributed by atoms with Gasteiger partial charge in [-0.3, -0.25) is 14.6 Å². The van der Waals surface area contributed by atoms with Crippen LogP contribution in [0.5, 0.6) is 0 Å². The third kappa shape index (κ3) is 6.36. The normalized spacial score (nSPS) is 15.0. The van der Waals surface area contributed by atoms with Crippen LogP contribution < -0.4 is 10.0 Å². The minimum atomic E-state index is -3.54. The van der Waals surface area contributed by atoms with E-state index in [0.717, 1.165) is 42.7 Å². The lowest BCUT2D eigenvalue weighted by Gasteiger charge is -2.32. The molecule has 4 aromatic rings. The maximum Gasteiger partial charge on any atom is 0.234 e. The zero-order valence-corrected chi connectivity index (χ0v) is 22.3. The van der Waals surface area contributed by atoms with Gasteiger partial charge in [0.05, 0.1) is 28.2 Å². The predicted octanol–water partition coefficient (Wildman–Crippen LogP) is 4.22. The highest BCUT2D eigenvalue weighted by molar-refractivity contribution is 7.92. The van der Waals surface area contributed by atoms with Crippen LogP contribution in [0.2, 0.25) is 5.02 Å². The number of rotatable bonds is 8. The minimum Gasteiger partial charge on any atom is -0.340 e. The first-order valence-corrected chi connectivity index (χ1v) is 14.1. The molecule has 0 saturated carbocycles. The summed E-state index contributed by atoms with van der Waals surface area (Å²) in [6, 6.07) is 11.7. The second-order valence-corrected chi connectivity index (χ2v) is 11.5. The minimum absolute atomic E-state index is 0.00271. The number of likely N-dealkylation sites (N-methyl/N-ethyl adjacent to an activating group) is 1. The first-order valence-electron chi connectivity index (χ1n) is 12.1. The molecular formula is C26H27ClFN7O2S. The summed E-state index contributed by atoms with van der Waals surface area (Å²) in [6.45, 7) is 4.08.